The molecule has 4 heteroatoms. The van der Waals surface area contributed by atoms with E-state index >= 15 is 0 Å². The summed E-state index contributed by atoms with van der Waals surface area (Å²) in [5.41, 5.74) is 20.0. The van der Waals surface area contributed by atoms with E-state index in [9.17, 15) is 0 Å². The quantitative estimate of drug-likeness (QED) is 0.0845. The van der Waals surface area contributed by atoms with Gasteiger partial charge in [-0.1, -0.05) is 281 Å². The second kappa shape index (κ2) is 20.3. The minimum Gasteiger partial charge on any atom is -0.0656 e. The van der Waals surface area contributed by atoms with Gasteiger partial charge < -0.3 is 0 Å². The van der Waals surface area contributed by atoms with E-state index in [0.717, 1.165) is 0 Å². The molecule has 0 nitrogen and oxygen atoms in total. The van der Waals surface area contributed by atoms with E-state index in [0.29, 0.717) is 0 Å². The van der Waals surface area contributed by atoms with E-state index in [1.54, 1.807) is 0 Å². The van der Waals surface area contributed by atoms with Crippen molar-refractivity contribution in [1.82, 2.24) is 0 Å². The molecule has 0 atom stereocenters. The Morgan fingerprint density at radius 3 is 0.588 bits per heavy atom. The second-order valence-corrected chi connectivity index (χ2v) is 47.0. The maximum absolute atomic E-state index is 2.59. The molecule has 0 heterocycles. The molecule has 0 fully saturated rings. The van der Waals surface area contributed by atoms with Crippen molar-refractivity contribution in [2.45, 2.75) is 78.6 Å². The molecule has 12 aromatic carbocycles. The van der Waals surface area contributed by atoms with E-state index in [1.807, 2.05) is 0 Å². The zero-order valence-corrected chi connectivity index (χ0v) is 52.9. The van der Waals surface area contributed by atoms with Crippen molar-refractivity contribution in [3.63, 3.8) is 0 Å². The van der Waals surface area contributed by atoms with Crippen molar-refractivity contribution in [3.05, 3.63) is 231 Å². The van der Waals surface area contributed by atoms with Crippen LogP contribution in [-0.2, 0) is 0 Å². The van der Waals surface area contributed by atoms with E-state index < -0.39 is 32.3 Å². The van der Waals surface area contributed by atoms with Gasteiger partial charge in [0.05, 0.1) is 32.3 Å². The molecule has 12 aromatic rings. The summed E-state index contributed by atoms with van der Waals surface area (Å²) in [5.74, 6) is 0. The van der Waals surface area contributed by atoms with Crippen molar-refractivity contribution in [2.75, 3.05) is 0 Å². The van der Waals surface area contributed by atoms with Crippen molar-refractivity contribution >= 4 is 85.4 Å². The first-order valence-corrected chi connectivity index (χ1v) is 42.8. The summed E-state index contributed by atoms with van der Waals surface area (Å²) in [6.07, 6.45) is 0. The minimum absolute atomic E-state index is 1.22. The Balaban J connectivity index is 1.27. The molecule has 0 aliphatic rings. The van der Waals surface area contributed by atoms with Gasteiger partial charge >= 0.3 is 0 Å². The van der Waals surface area contributed by atoms with Crippen molar-refractivity contribution < 1.29 is 0 Å². The van der Waals surface area contributed by atoms with Gasteiger partial charge in [0.1, 0.15) is 0 Å². The third-order valence-corrected chi connectivity index (χ3v) is 24.9. The first-order valence-electron chi connectivity index (χ1n) is 28.8. The number of benzene rings is 12. The monoisotopic (exact) mass is 1100 g/mol. The Morgan fingerprint density at radius 2 is 0.375 bits per heavy atom. The molecule has 0 aliphatic carbocycles. The predicted octanol–water partition coefficient (Wildman–Crippen LogP) is 20.1. The molecule has 0 bridgehead atoms. The molecule has 0 saturated carbocycles. The van der Waals surface area contributed by atoms with Crippen LogP contribution in [0.5, 0.6) is 0 Å². The molecule has 0 aliphatic heterocycles. The molecule has 394 valence electrons. The summed E-state index contributed by atoms with van der Waals surface area (Å²) >= 11 is 0. The van der Waals surface area contributed by atoms with E-state index in [1.165, 1.54) is 142 Å². The Labute approximate surface area is 480 Å². The lowest BCUT2D eigenvalue weighted by molar-refractivity contribution is 1.57. The van der Waals surface area contributed by atoms with Gasteiger partial charge in [-0.25, -0.2) is 0 Å². The summed E-state index contributed by atoms with van der Waals surface area (Å²) in [4.78, 5) is 0. The SMILES string of the molecule is C[Si](C)(C)c1cc(-c2cc(-c3cc(-c4ccccc4)cc(-c4ccccc4)c3)c3ccc4c(-c5cc([Si](C)(C)C)cc([Si](C)(C)C)c5)cc(-c5cc(-c6ccccc6)cc(-c6ccccc6)c5)c5ccc2c3c54)cc([Si](C)(C)C)c1. The van der Waals surface area contributed by atoms with Gasteiger partial charge in [-0.3, -0.25) is 0 Å². The Kier molecular flexibility index (Phi) is 13.5. The van der Waals surface area contributed by atoms with E-state index in [2.05, 4.69) is 309 Å². The Hall–Kier alpha value is -7.45. The third kappa shape index (κ3) is 10.2. The minimum atomic E-state index is -1.76. The van der Waals surface area contributed by atoms with Gasteiger partial charge in [-0.05, 0) is 170 Å². The van der Waals surface area contributed by atoms with Crippen molar-refractivity contribution in [2.24, 2.45) is 0 Å². The average Bonchev–Trinajstić information content (AvgIpc) is 3.65. The topological polar surface area (TPSA) is 0 Å². The number of hydrogen-bond acceptors (Lipinski definition) is 0. The third-order valence-electron chi connectivity index (χ3n) is 16.8. The lowest BCUT2D eigenvalue weighted by atomic mass is 9.81. The average molecular weight is 1100 g/mol. The fourth-order valence-electron chi connectivity index (χ4n) is 12.0. The second-order valence-electron chi connectivity index (χ2n) is 26.7. The predicted molar refractivity (Wildman–Crippen MR) is 366 cm³/mol. The fourth-order valence-corrected chi connectivity index (χ4v) is 17.0. The van der Waals surface area contributed by atoms with Crippen LogP contribution in [0.2, 0.25) is 78.6 Å². The van der Waals surface area contributed by atoms with Gasteiger partial charge in [0, 0.05) is 0 Å². The Bertz CT molecular complexity index is 3820. The summed E-state index contributed by atoms with van der Waals surface area (Å²) < 4.78 is 0. The zero-order valence-electron chi connectivity index (χ0n) is 48.9. The first-order chi connectivity index (χ1) is 38.2. The summed E-state index contributed by atoms with van der Waals surface area (Å²) in [7, 11) is -7.05. The molecule has 0 radical (unpaired) electrons. The molecule has 0 amide bonds. The lowest BCUT2D eigenvalue weighted by Crippen LogP contribution is -2.45. The molecular weight excluding hydrogens is 1030 g/mol. The first kappa shape index (κ1) is 53.2. The van der Waals surface area contributed by atoms with Crippen LogP contribution in [0.3, 0.4) is 0 Å². The van der Waals surface area contributed by atoms with Crippen LogP contribution in [0.4, 0.5) is 0 Å². The molecule has 0 spiro atoms. The maximum atomic E-state index is 2.59. The van der Waals surface area contributed by atoms with Gasteiger partial charge in [0.15, 0.2) is 0 Å². The fraction of sp³-hybridized carbons (Fsp3) is 0.158. The maximum Gasteiger partial charge on any atom is 0.0776 e. The van der Waals surface area contributed by atoms with E-state index in [4.69, 9.17) is 0 Å². The Morgan fingerprint density at radius 1 is 0.175 bits per heavy atom. The molecule has 80 heavy (non-hydrogen) atoms. The van der Waals surface area contributed by atoms with Gasteiger partial charge in [0.2, 0.25) is 0 Å². The molecular formula is C76H74Si4. The highest BCUT2D eigenvalue weighted by Crippen LogP contribution is 2.50. The highest BCUT2D eigenvalue weighted by atomic mass is 28.3. The zero-order chi connectivity index (χ0) is 55.9. The highest BCUT2D eigenvalue weighted by molar-refractivity contribution is 6.92. The van der Waals surface area contributed by atoms with Gasteiger partial charge in [-0.2, -0.15) is 0 Å². The van der Waals surface area contributed by atoms with Crippen LogP contribution in [-0.4, -0.2) is 32.3 Å². The molecule has 0 saturated heterocycles. The summed E-state index contributed by atoms with van der Waals surface area (Å²) in [6, 6.07) is 89.1. The lowest BCUT2D eigenvalue weighted by Gasteiger charge is -2.26. The van der Waals surface area contributed by atoms with Crippen LogP contribution in [0, 0.1) is 0 Å². The number of hydrogen-bond donors (Lipinski definition) is 0. The number of rotatable bonds is 12. The van der Waals surface area contributed by atoms with Crippen molar-refractivity contribution in [3.8, 4) is 89.0 Å². The van der Waals surface area contributed by atoms with Crippen LogP contribution in [0.1, 0.15) is 0 Å². The normalized spacial score (nSPS) is 12.5. The molecule has 0 N–H and O–H groups in total. The van der Waals surface area contributed by atoms with E-state index in [-0.39, 0.29) is 0 Å². The van der Waals surface area contributed by atoms with Crippen molar-refractivity contribution in [1.29, 1.82) is 0 Å². The van der Waals surface area contributed by atoms with Crippen LogP contribution < -0.4 is 20.7 Å². The van der Waals surface area contributed by atoms with Crippen LogP contribution >= 0.6 is 0 Å². The van der Waals surface area contributed by atoms with Crippen LogP contribution in [0.25, 0.3) is 121 Å². The molecule has 0 unspecified atom stereocenters. The van der Waals surface area contributed by atoms with Gasteiger partial charge in [0.25, 0.3) is 0 Å². The standard InChI is InChI=1S/C76H74Si4/c1-77(2,3)63-43-61(44-64(47-63)78(4,5)6)73-49-71(59-39-55(51-25-17-13-18-26-51)37-56(40-59)52-27-19-14-20-28-52)67-34-36-70-74(62-45-65(79(7,8)9)48-66(46-62)80(10,11)12)50-72(68-33-35-69(73)75(67)76(68)70)60-41-57(53-29-21-15-22-30-53)38-58(42-60)54-31-23-16-24-32-54/h13-50H,1-12H3. The molecule has 0 aromatic heterocycles. The summed E-state index contributed by atoms with van der Waals surface area (Å²) in [5, 5.41) is 13.9. The van der Waals surface area contributed by atoms with Gasteiger partial charge in [-0.15, -0.1) is 0 Å². The van der Waals surface area contributed by atoms with Crippen LogP contribution in [0.15, 0.2) is 231 Å². The largest absolute Gasteiger partial charge is 0.0776 e. The molecule has 12 rings (SSSR count). The highest BCUT2D eigenvalue weighted by Gasteiger charge is 2.28. The smallest absolute Gasteiger partial charge is 0.0656 e. The summed E-state index contributed by atoms with van der Waals surface area (Å²) in [6.45, 7) is 30.2.